The molecule has 2 amide bonds. The number of carbonyl (C=O) groups excluding carboxylic acids is 2. The van der Waals surface area contributed by atoms with Crippen LogP contribution in [-0.4, -0.2) is 32.1 Å². The number of hydrogen-bond donors (Lipinski definition) is 0. The molecule has 2 fully saturated rings. The molecule has 3 aromatic carbocycles. The molecule has 0 spiro atoms. The minimum absolute atomic E-state index is 0.298. The van der Waals surface area contributed by atoms with E-state index in [0.29, 0.717) is 28.4 Å². The standard InChI is InChI=1S/C25H21FN2O5/c1-31-18-12-13-20(32-2)19(14-18)22-21-23(33-28(22)17-6-4-3-5-7-17)25(30)27(24(21)29)16-10-8-15(26)9-11-16/h3-14,21-23H,1-2H3. The molecule has 2 aliphatic heterocycles. The molecule has 3 aromatic rings. The van der Waals surface area contributed by atoms with Crippen LogP contribution in [0.25, 0.3) is 0 Å². The van der Waals surface area contributed by atoms with E-state index in [-0.39, 0.29) is 0 Å². The van der Waals surface area contributed by atoms with Gasteiger partial charge in [-0.3, -0.25) is 14.4 Å². The highest BCUT2D eigenvalue weighted by Crippen LogP contribution is 2.50. The molecule has 0 N–H and O–H groups in total. The molecule has 3 unspecified atom stereocenters. The number of hydroxylamine groups is 1. The maximum atomic E-state index is 13.6. The first-order valence-corrected chi connectivity index (χ1v) is 10.4. The summed E-state index contributed by atoms with van der Waals surface area (Å²) in [7, 11) is 3.09. The number of hydrogen-bond acceptors (Lipinski definition) is 6. The first-order valence-electron chi connectivity index (χ1n) is 10.4. The SMILES string of the molecule is COc1ccc(OC)c(C2C3C(=O)N(c4ccc(F)cc4)C(=O)C3ON2c2ccccc2)c1. The summed E-state index contributed by atoms with van der Waals surface area (Å²) in [6.07, 6.45) is -1.04. The Hall–Kier alpha value is -3.91. The van der Waals surface area contributed by atoms with Gasteiger partial charge in [-0.2, -0.15) is 0 Å². The quantitative estimate of drug-likeness (QED) is 0.552. The summed E-state index contributed by atoms with van der Waals surface area (Å²) in [4.78, 5) is 34.1. The van der Waals surface area contributed by atoms with Gasteiger partial charge in [0.05, 0.1) is 25.6 Å². The molecule has 0 aliphatic carbocycles. The number of nitrogens with zero attached hydrogens (tertiary/aromatic N) is 2. The number of amides is 2. The molecule has 0 radical (unpaired) electrons. The number of para-hydroxylation sites is 1. The molecule has 33 heavy (non-hydrogen) atoms. The van der Waals surface area contributed by atoms with Gasteiger partial charge in [0.15, 0.2) is 6.10 Å². The van der Waals surface area contributed by atoms with Gasteiger partial charge in [0.1, 0.15) is 29.3 Å². The number of ether oxygens (including phenoxy) is 2. The number of anilines is 2. The van der Waals surface area contributed by atoms with Crippen LogP contribution in [0, 0.1) is 11.7 Å². The van der Waals surface area contributed by atoms with Crippen LogP contribution in [0.2, 0.25) is 0 Å². The second kappa shape index (κ2) is 8.22. The monoisotopic (exact) mass is 448 g/mol. The highest BCUT2D eigenvalue weighted by Gasteiger charge is 2.60. The average Bonchev–Trinajstić information content (AvgIpc) is 3.36. The zero-order valence-electron chi connectivity index (χ0n) is 18.0. The van der Waals surface area contributed by atoms with Crippen LogP contribution in [0.1, 0.15) is 11.6 Å². The van der Waals surface area contributed by atoms with Crippen molar-refractivity contribution >= 4 is 23.2 Å². The minimum Gasteiger partial charge on any atom is -0.497 e. The van der Waals surface area contributed by atoms with E-state index in [1.165, 1.54) is 31.4 Å². The van der Waals surface area contributed by atoms with Gasteiger partial charge in [-0.25, -0.2) is 14.4 Å². The van der Waals surface area contributed by atoms with Crippen molar-refractivity contribution < 1.29 is 28.3 Å². The molecule has 168 valence electrons. The Balaban J connectivity index is 1.63. The molecule has 2 aliphatic rings. The predicted octanol–water partition coefficient (Wildman–Crippen LogP) is 3.89. The maximum absolute atomic E-state index is 13.6. The Morgan fingerprint density at radius 1 is 0.848 bits per heavy atom. The van der Waals surface area contributed by atoms with Crippen LogP contribution in [0.3, 0.4) is 0 Å². The lowest BCUT2D eigenvalue weighted by molar-refractivity contribution is -0.126. The number of imide groups is 1. The van der Waals surface area contributed by atoms with Gasteiger partial charge >= 0.3 is 0 Å². The number of methoxy groups -OCH3 is 2. The highest BCUT2D eigenvalue weighted by molar-refractivity contribution is 6.23. The van der Waals surface area contributed by atoms with Crippen molar-refractivity contribution in [3.8, 4) is 11.5 Å². The van der Waals surface area contributed by atoms with Crippen molar-refractivity contribution in [2.45, 2.75) is 12.1 Å². The molecule has 3 atom stereocenters. The molecule has 2 saturated heterocycles. The summed E-state index contributed by atoms with van der Waals surface area (Å²) in [6, 6.07) is 19.1. The van der Waals surface area contributed by atoms with Crippen molar-refractivity contribution in [1.82, 2.24) is 0 Å². The molecular formula is C25H21FN2O5. The van der Waals surface area contributed by atoms with Gasteiger partial charge in [-0.05, 0) is 54.6 Å². The first-order chi connectivity index (χ1) is 16.0. The summed E-state index contributed by atoms with van der Waals surface area (Å²) in [5.41, 5.74) is 1.64. The zero-order valence-corrected chi connectivity index (χ0v) is 18.0. The Morgan fingerprint density at radius 3 is 2.24 bits per heavy atom. The Kier molecular flexibility index (Phi) is 5.22. The lowest BCUT2D eigenvalue weighted by Gasteiger charge is -2.29. The second-order valence-corrected chi connectivity index (χ2v) is 7.75. The lowest BCUT2D eigenvalue weighted by Crippen LogP contribution is -2.37. The second-order valence-electron chi connectivity index (χ2n) is 7.75. The number of fused-ring (bicyclic) bond motifs is 1. The van der Waals surface area contributed by atoms with Crippen LogP contribution >= 0.6 is 0 Å². The normalized spacial score (nSPS) is 22.0. The van der Waals surface area contributed by atoms with Crippen molar-refractivity contribution in [1.29, 1.82) is 0 Å². The molecule has 2 heterocycles. The summed E-state index contributed by atoms with van der Waals surface area (Å²) < 4.78 is 24.4. The predicted molar refractivity (Wildman–Crippen MR) is 118 cm³/mol. The molecular weight excluding hydrogens is 427 g/mol. The summed E-state index contributed by atoms with van der Waals surface area (Å²) >= 11 is 0. The average molecular weight is 448 g/mol. The fourth-order valence-electron chi connectivity index (χ4n) is 4.44. The highest BCUT2D eigenvalue weighted by atomic mass is 19.1. The van der Waals surface area contributed by atoms with Gasteiger partial charge < -0.3 is 9.47 Å². The van der Waals surface area contributed by atoms with Gasteiger partial charge in [0.25, 0.3) is 5.91 Å². The Morgan fingerprint density at radius 2 is 1.58 bits per heavy atom. The Bertz CT molecular complexity index is 1200. The van der Waals surface area contributed by atoms with Gasteiger partial charge in [-0.15, -0.1) is 0 Å². The largest absolute Gasteiger partial charge is 0.497 e. The smallest absolute Gasteiger partial charge is 0.266 e. The topological polar surface area (TPSA) is 68.3 Å². The lowest BCUT2D eigenvalue weighted by atomic mass is 9.89. The van der Waals surface area contributed by atoms with Crippen molar-refractivity contribution in [2.75, 3.05) is 24.2 Å². The summed E-state index contributed by atoms with van der Waals surface area (Å²) in [5, 5.41) is 1.59. The van der Waals surface area contributed by atoms with E-state index in [1.54, 1.807) is 30.4 Å². The number of carbonyl (C=O) groups is 2. The van der Waals surface area contributed by atoms with Crippen LogP contribution < -0.4 is 19.4 Å². The van der Waals surface area contributed by atoms with Crippen molar-refractivity contribution in [2.24, 2.45) is 5.92 Å². The third kappa shape index (κ3) is 3.39. The molecule has 5 rings (SSSR count). The van der Waals surface area contributed by atoms with E-state index in [1.807, 2.05) is 30.3 Å². The molecule has 8 heteroatoms. The number of halogens is 1. The summed E-state index contributed by atoms with van der Waals surface area (Å²) in [5.74, 6) is -1.11. The minimum atomic E-state index is -1.04. The number of benzene rings is 3. The summed E-state index contributed by atoms with van der Waals surface area (Å²) in [6.45, 7) is 0. The fourth-order valence-corrected chi connectivity index (χ4v) is 4.44. The van der Waals surface area contributed by atoms with E-state index in [2.05, 4.69) is 0 Å². The molecule has 0 saturated carbocycles. The van der Waals surface area contributed by atoms with Crippen LogP contribution in [0.4, 0.5) is 15.8 Å². The molecule has 0 aromatic heterocycles. The number of rotatable bonds is 5. The van der Waals surface area contributed by atoms with Gasteiger partial charge in [-0.1, -0.05) is 18.2 Å². The van der Waals surface area contributed by atoms with Crippen LogP contribution in [0.15, 0.2) is 72.8 Å². The van der Waals surface area contributed by atoms with Gasteiger partial charge in [0.2, 0.25) is 5.91 Å². The third-order valence-corrected chi connectivity index (χ3v) is 5.97. The van der Waals surface area contributed by atoms with E-state index in [0.717, 1.165) is 4.90 Å². The Labute approximate surface area is 189 Å². The van der Waals surface area contributed by atoms with Crippen molar-refractivity contribution in [3.05, 3.63) is 84.2 Å². The van der Waals surface area contributed by atoms with Crippen LogP contribution in [0.5, 0.6) is 11.5 Å². The molecule has 0 bridgehead atoms. The van der Waals surface area contributed by atoms with E-state index >= 15 is 0 Å². The fraction of sp³-hybridized carbons (Fsp3) is 0.200. The first kappa shape index (κ1) is 21.0. The van der Waals surface area contributed by atoms with Crippen molar-refractivity contribution in [3.63, 3.8) is 0 Å². The third-order valence-electron chi connectivity index (χ3n) is 5.97. The van der Waals surface area contributed by atoms with E-state index < -0.39 is 35.7 Å². The molecule has 7 nitrogen and oxygen atoms in total. The van der Waals surface area contributed by atoms with E-state index in [9.17, 15) is 14.0 Å². The zero-order chi connectivity index (χ0) is 23.1. The van der Waals surface area contributed by atoms with E-state index in [4.69, 9.17) is 14.3 Å². The maximum Gasteiger partial charge on any atom is 0.266 e. The van der Waals surface area contributed by atoms with Crippen LogP contribution in [-0.2, 0) is 14.4 Å². The van der Waals surface area contributed by atoms with Gasteiger partial charge in [0, 0.05) is 5.56 Å².